The van der Waals surface area contributed by atoms with Gasteiger partial charge in [0, 0.05) is 44.9 Å². The smallest absolute Gasteiger partial charge is 0.329 e. The lowest BCUT2D eigenvalue weighted by Crippen LogP contribution is -2.49. The summed E-state index contributed by atoms with van der Waals surface area (Å²) < 4.78 is 4.69. The maximum atomic E-state index is 12.6. The zero-order valence-electron chi connectivity index (χ0n) is 28.3. The summed E-state index contributed by atoms with van der Waals surface area (Å²) in [5, 5.41) is 10.6. The number of hydrogen-bond acceptors (Lipinski definition) is 8. The molecular weight excluding hydrogens is 637 g/mol. The molecule has 0 heterocycles. The number of methoxy groups -OCH3 is 1. The van der Waals surface area contributed by atoms with Crippen molar-refractivity contribution in [3.8, 4) is 0 Å². The van der Waals surface area contributed by atoms with Gasteiger partial charge in [-0.2, -0.15) is 0 Å². The van der Waals surface area contributed by atoms with Crippen molar-refractivity contribution in [3.63, 3.8) is 0 Å². The first kappa shape index (κ1) is 43.5. The molecule has 0 saturated carbocycles. The fraction of sp³-hybridized carbons (Fsp3) is 0.514. The molecule has 0 spiro atoms. The Hall–Kier alpha value is -3.51. The monoisotopic (exact) mass is 690 g/mol. The van der Waals surface area contributed by atoms with Gasteiger partial charge in [0.15, 0.2) is 0 Å². The van der Waals surface area contributed by atoms with Crippen molar-refractivity contribution in [2.45, 2.75) is 84.2 Å². The largest absolute Gasteiger partial charge is 0.467 e. The predicted molar refractivity (Wildman–Crippen MR) is 196 cm³/mol. The zero-order valence-corrected chi connectivity index (χ0v) is 30.0. The molecule has 0 aliphatic rings. The van der Waals surface area contributed by atoms with Gasteiger partial charge in [-0.15, -0.1) is 0 Å². The molecule has 0 aromatic rings. The van der Waals surface area contributed by atoms with Gasteiger partial charge >= 0.3 is 5.97 Å². The van der Waals surface area contributed by atoms with Crippen molar-refractivity contribution in [1.29, 1.82) is 0 Å². The van der Waals surface area contributed by atoms with E-state index in [9.17, 15) is 24.0 Å². The molecule has 0 aliphatic heterocycles. The lowest BCUT2D eigenvalue weighted by molar-refractivity contribution is -0.144. The summed E-state index contributed by atoms with van der Waals surface area (Å²) >= 11 is 0. The Morgan fingerprint density at radius 3 is 1.51 bits per heavy atom. The Morgan fingerprint density at radius 2 is 1.04 bits per heavy atom. The van der Waals surface area contributed by atoms with E-state index in [4.69, 9.17) is 4.74 Å². The SMILES string of the molecule is CCC=CCC=CCC=CCC=CCC=CCC=CCCC(=O)NCCNC(=O)[C@H](CSSC[C@H](NC(C)=O)C(=O)OC)NC(C)=O. The van der Waals surface area contributed by atoms with Gasteiger partial charge in [0.05, 0.1) is 7.11 Å². The Labute approximate surface area is 289 Å². The van der Waals surface area contributed by atoms with Crippen molar-refractivity contribution in [1.82, 2.24) is 21.3 Å². The molecule has 10 nitrogen and oxygen atoms in total. The Kier molecular flexibility index (Phi) is 28.8. The maximum absolute atomic E-state index is 12.6. The standard InChI is InChI=1S/C35H54N4O6S2/c1-5-6-7-8-9-10-11-12-13-14-15-16-17-18-19-20-21-22-23-24-33(42)36-25-26-37-34(43)31(38-29(2)40)27-46-47-28-32(35(44)45-4)39-30(3)41/h6-7,9-10,12-13,15-16,18-19,21-22,31-32H,5,8,11,14,17,20,23-28H2,1-4H3,(H,36,42)(H,37,43)(H,38,40)(H,39,41)/t31-,32-/m0/s1. The van der Waals surface area contributed by atoms with E-state index in [1.54, 1.807) is 0 Å². The lowest BCUT2D eigenvalue weighted by Gasteiger charge is -2.18. The molecule has 0 fully saturated rings. The molecule has 47 heavy (non-hydrogen) atoms. The second-order valence-electron chi connectivity index (χ2n) is 10.2. The quantitative estimate of drug-likeness (QED) is 0.0417. The van der Waals surface area contributed by atoms with Gasteiger partial charge in [0.25, 0.3) is 0 Å². The maximum Gasteiger partial charge on any atom is 0.329 e. The van der Waals surface area contributed by atoms with Crippen LogP contribution in [0.5, 0.6) is 0 Å². The summed E-state index contributed by atoms with van der Waals surface area (Å²) in [6.45, 7) is 5.24. The number of amides is 4. The van der Waals surface area contributed by atoms with E-state index in [2.05, 4.69) is 89.0 Å². The third kappa shape index (κ3) is 28.4. The molecule has 0 rings (SSSR count). The highest BCUT2D eigenvalue weighted by molar-refractivity contribution is 8.76. The van der Waals surface area contributed by atoms with Crippen LogP contribution in [0.15, 0.2) is 72.9 Å². The van der Waals surface area contributed by atoms with Crippen molar-refractivity contribution >= 4 is 51.2 Å². The summed E-state index contributed by atoms with van der Waals surface area (Å²) in [5.74, 6) is -1.30. The second kappa shape index (κ2) is 31.1. The molecule has 4 amide bonds. The van der Waals surface area contributed by atoms with E-state index in [0.29, 0.717) is 12.8 Å². The van der Waals surface area contributed by atoms with Gasteiger partial charge in [-0.25, -0.2) is 4.79 Å². The summed E-state index contributed by atoms with van der Waals surface area (Å²) in [6, 6.07) is -1.61. The molecular formula is C35H54N4O6S2. The summed E-state index contributed by atoms with van der Waals surface area (Å²) in [4.78, 5) is 59.4. The van der Waals surface area contributed by atoms with Crippen LogP contribution in [0.1, 0.15) is 72.1 Å². The van der Waals surface area contributed by atoms with E-state index >= 15 is 0 Å². The van der Waals surface area contributed by atoms with E-state index < -0.39 is 18.1 Å². The van der Waals surface area contributed by atoms with Gasteiger partial charge < -0.3 is 26.0 Å². The molecule has 4 N–H and O–H groups in total. The summed E-state index contributed by atoms with van der Waals surface area (Å²) in [5.41, 5.74) is 0. The molecule has 0 aliphatic carbocycles. The van der Waals surface area contributed by atoms with Crippen LogP contribution >= 0.6 is 21.6 Å². The van der Waals surface area contributed by atoms with Crippen LogP contribution in [0.2, 0.25) is 0 Å². The number of nitrogens with one attached hydrogen (secondary N) is 4. The first-order chi connectivity index (χ1) is 22.7. The minimum absolute atomic E-state index is 0.108. The topological polar surface area (TPSA) is 143 Å². The average Bonchev–Trinajstić information content (AvgIpc) is 3.04. The second-order valence-corrected chi connectivity index (χ2v) is 12.7. The first-order valence-electron chi connectivity index (χ1n) is 16.0. The number of ether oxygens (including phenoxy) is 1. The van der Waals surface area contributed by atoms with Gasteiger partial charge in [0.1, 0.15) is 12.1 Å². The van der Waals surface area contributed by atoms with Crippen LogP contribution in [-0.2, 0) is 28.7 Å². The number of allylic oxidation sites excluding steroid dienone is 12. The van der Waals surface area contributed by atoms with E-state index in [1.807, 2.05) is 12.2 Å². The van der Waals surface area contributed by atoms with Gasteiger partial charge in [-0.3, -0.25) is 19.2 Å². The van der Waals surface area contributed by atoms with Crippen LogP contribution in [0.3, 0.4) is 0 Å². The Balaban J connectivity index is 4.10. The fourth-order valence-electron chi connectivity index (χ4n) is 3.67. The number of carbonyl (C=O) groups is 5. The number of esters is 1. The molecule has 0 radical (unpaired) electrons. The molecule has 262 valence electrons. The fourth-order valence-corrected chi connectivity index (χ4v) is 5.98. The van der Waals surface area contributed by atoms with Crippen LogP contribution in [0.25, 0.3) is 0 Å². The third-order valence-corrected chi connectivity index (χ3v) is 8.41. The van der Waals surface area contributed by atoms with Gasteiger partial charge in [-0.1, -0.05) is 101 Å². The van der Waals surface area contributed by atoms with Crippen LogP contribution < -0.4 is 21.3 Å². The molecule has 0 saturated heterocycles. The number of rotatable bonds is 26. The Morgan fingerprint density at radius 1 is 0.617 bits per heavy atom. The molecule has 0 aromatic heterocycles. The van der Waals surface area contributed by atoms with Crippen molar-refractivity contribution in [2.75, 3.05) is 31.7 Å². The third-order valence-electron chi connectivity index (χ3n) is 5.99. The van der Waals surface area contributed by atoms with Crippen LogP contribution in [-0.4, -0.2) is 73.4 Å². The minimum atomic E-state index is -0.814. The van der Waals surface area contributed by atoms with Crippen molar-refractivity contribution < 1.29 is 28.7 Å². The van der Waals surface area contributed by atoms with Crippen molar-refractivity contribution in [2.24, 2.45) is 0 Å². The summed E-state index contributed by atoms with van der Waals surface area (Å²) in [6.07, 6.45) is 32.4. The molecule has 12 heteroatoms. The highest BCUT2D eigenvalue weighted by Crippen LogP contribution is 2.23. The molecule has 2 atom stereocenters. The van der Waals surface area contributed by atoms with E-state index in [-0.39, 0.29) is 48.2 Å². The van der Waals surface area contributed by atoms with E-state index in [0.717, 1.165) is 38.5 Å². The average molecular weight is 691 g/mol. The first-order valence-corrected chi connectivity index (χ1v) is 18.5. The molecule has 0 bridgehead atoms. The van der Waals surface area contributed by atoms with Crippen LogP contribution in [0, 0.1) is 0 Å². The highest BCUT2D eigenvalue weighted by atomic mass is 33.1. The van der Waals surface area contributed by atoms with Crippen LogP contribution in [0.4, 0.5) is 0 Å². The number of hydrogen-bond donors (Lipinski definition) is 4. The Bertz CT molecular complexity index is 1100. The minimum Gasteiger partial charge on any atom is -0.467 e. The van der Waals surface area contributed by atoms with Crippen molar-refractivity contribution in [3.05, 3.63) is 72.9 Å². The van der Waals surface area contributed by atoms with E-state index in [1.165, 1.54) is 42.5 Å². The number of carbonyl (C=O) groups excluding carboxylic acids is 5. The van der Waals surface area contributed by atoms with Gasteiger partial charge in [-0.05, 0) is 44.9 Å². The molecule has 0 aromatic carbocycles. The predicted octanol–water partition coefficient (Wildman–Crippen LogP) is 5.26. The lowest BCUT2D eigenvalue weighted by atomic mass is 10.2. The summed E-state index contributed by atoms with van der Waals surface area (Å²) in [7, 11) is 3.79. The normalized spacial score (nSPS) is 13.2. The molecule has 0 unspecified atom stereocenters. The van der Waals surface area contributed by atoms with Gasteiger partial charge in [0.2, 0.25) is 23.6 Å². The zero-order chi connectivity index (χ0) is 35.0. The highest BCUT2D eigenvalue weighted by Gasteiger charge is 2.22.